The number of hydrogen-bond donors (Lipinski definition) is 1. The number of nitrogens with one attached hydrogen (secondary N) is 1. The third kappa shape index (κ3) is 2.51. The van der Waals surface area contributed by atoms with Crippen molar-refractivity contribution in [2.24, 2.45) is 11.8 Å². The van der Waals surface area contributed by atoms with Crippen molar-refractivity contribution in [1.82, 2.24) is 5.32 Å². The van der Waals surface area contributed by atoms with Gasteiger partial charge in [0, 0.05) is 5.70 Å². The SMILES string of the molecule is CC1CC=CC=C1NC1C=c2ccccc2=CC1C. The summed E-state index contributed by atoms with van der Waals surface area (Å²) in [4.78, 5) is 0. The molecule has 19 heavy (non-hydrogen) atoms. The van der Waals surface area contributed by atoms with Crippen LogP contribution >= 0.6 is 0 Å². The van der Waals surface area contributed by atoms with Gasteiger partial charge in [-0.3, -0.25) is 0 Å². The van der Waals surface area contributed by atoms with Gasteiger partial charge in [-0.15, -0.1) is 0 Å². The molecule has 0 aliphatic heterocycles. The van der Waals surface area contributed by atoms with Crippen molar-refractivity contribution in [3.8, 4) is 0 Å². The van der Waals surface area contributed by atoms with E-state index in [0.717, 1.165) is 6.42 Å². The molecule has 0 bridgehead atoms. The fourth-order valence-electron chi connectivity index (χ4n) is 2.85. The zero-order valence-corrected chi connectivity index (χ0v) is 11.6. The Bertz CT molecular complexity index is 636. The molecule has 1 nitrogen and oxygen atoms in total. The third-order valence-corrected chi connectivity index (χ3v) is 4.13. The average molecular weight is 251 g/mol. The van der Waals surface area contributed by atoms with Crippen LogP contribution in [0.3, 0.4) is 0 Å². The average Bonchev–Trinajstić information content (AvgIpc) is 2.42. The molecule has 0 radical (unpaired) electrons. The zero-order chi connectivity index (χ0) is 13.2. The largest absolute Gasteiger partial charge is 0.381 e. The first-order valence-electron chi connectivity index (χ1n) is 7.16. The highest BCUT2D eigenvalue weighted by Gasteiger charge is 2.19. The lowest BCUT2D eigenvalue weighted by Gasteiger charge is -2.28. The molecule has 0 aromatic heterocycles. The highest BCUT2D eigenvalue weighted by Crippen LogP contribution is 2.20. The highest BCUT2D eigenvalue weighted by molar-refractivity contribution is 5.46. The van der Waals surface area contributed by atoms with Gasteiger partial charge in [-0.05, 0) is 34.8 Å². The van der Waals surface area contributed by atoms with Crippen molar-refractivity contribution >= 4 is 12.2 Å². The Kier molecular flexibility index (Phi) is 3.29. The quantitative estimate of drug-likeness (QED) is 0.850. The van der Waals surface area contributed by atoms with Crippen molar-refractivity contribution in [2.75, 3.05) is 0 Å². The monoisotopic (exact) mass is 251 g/mol. The van der Waals surface area contributed by atoms with Crippen LogP contribution < -0.4 is 15.8 Å². The van der Waals surface area contributed by atoms with Crippen molar-refractivity contribution in [3.05, 3.63) is 58.6 Å². The topological polar surface area (TPSA) is 12.0 Å². The van der Waals surface area contributed by atoms with Crippen LogP contribution in [0.4, 0.5) is 0 Å². The molecule has 1 heteroatoms. The van der Waals surface area contributed by atoms with Gasteiger partial charge in [0.15, 0.2) is 0 Å². The molecule has 1 aromatic carbocycles. The highest BCUT2D eigenvalue weighted by atomic mass is 14.9. The smallest absolute Gasteiger partial charge is 0.0510 e. The molecule has 0 amide bonds. The summed E-state index contributed by atoms with van der Waals surface area (Å²) in [6.07, 6.45) is 12.5. The Morgan fingerprint density at radius 1 is 1.05 bits per heavy atom. The second-order valence-electron chi connectivity index (χ2n) is 5.68. The van der Waals surface area contributed by atoms with E-state index in [1.165, 1.54) is 16.1 Å². The molecule has 0 spiro atoms. The maximum atomic E-state index is 3.72. The van der Waals surface area contributed by atoms with E-state index in [1.807, 2.05) is 0 Å². The van der Waals surface area contributed by atoms with Crippen molar-refractivity contribution in [3.63, 3.8) is 0 Å². The van der Waals surface area contributed by atoms with Crippen molar-refractivity contribution in [1.29, 1.82) is 0 Å². The zero-order valence-electron chi connectivity index (χ0n) is 11.6. The number of benzene rings is 1. The molecule has 3 unspecified atom stereocenters. The molecule has 0 saturated heterocycles. The summed E-state index contributed by atoms with van der Waals surface area (Å²) in [5, 5.41) is 6.43. The van der Waals surface area contributed by atoms with Crippen LogP contribution in [-0.4, -0.2) is 6.04 Å². The van der Waals surface area contributed by atoms with Crippen LogP contribution in [0.25, 0.3) is 12.2 Å². The Morgan fingerprint density at radius 2 is 1.79 bits per heavy atom. The first kappa shape index (κ1) is 12.3. The summed E-state index contributed by atoms with van der Waals surface area (Å²) in [5.74, 6) is 1.12. The molecule has 3 atom stereocenters. The maximum Gasteiger partial charge on any atom is 0.0510 e. The Labute approximate surface area is 115 Å². The van der Waals surface area contributed by atoms with E-state index in [9.17, 15) is 0 Å². The minimum absolute atomic E-state index is 0.398. The molecule has 2 aliphatic rings. The second kappa shape index (κ2) is 5.08. The van der Waals surface area contributed by atoms with Crippen LogP contribution in [0.1, 0.15) is 20.3 Å². The van der Waals surface area contributed by atoms with Gasteiger partial charge in [0.05, 0.1) is 6.04 Å². The summed E-state index contributed by atoms with van der Waals surface area (Å²) >= 11 is 0. The summed E-state index contributed by atoms with van der Waals surface area (Å²) in [7, 11) is 0. The van der Waals surface area contributed by atoms with Gasteiger partial charge >= 0.3 is 0 Å². The van der Waals surface area contributed by atoms with Gasteiger partial charge in [-0.1, -0.05) is 62.4 Å². The van der Waals surface area contributed by atoms with Gasteiger partial charge in [-0.25, -0.2) is 0 Å². The summed E-state index contributed by atoms with van der Waals surface area (Å²) in [5.41, 5.74) is 1.36. The van der Waals surface area contributed by atoms with Gasteiger partial charge < -0.3 is 5.32 Å². The summed E-state index contributed by atoms with van der Waals surface area (Å²) in [6.45, 7) is 4.57. The molecule has 1 N–H and O–H groups in total. The van der Waals surface area contributed by atoms with E-state index in [-0.39, 0.29) is 0 Å². The van der Waals surface area contributed by atoms with Crippen LogP contribution in [-0.2, 0) is 0 Å². The molecular formula is C18H21N. The summed E-state index contributed by atoms with van der Waals surface area (Å²) in [6, 6.07) is 9.02. The van der Waals surface area contributed by atoms with Gasteiger partial charge in [0.1, 0.15) is 0 Å². The van der Waals surface area contributed by atoms with E-state index >= 15 is 0 Å². The predicted octanol–water partition coefficient (Wildman–Crippen LogP) is 2.34. The lowest BCUT2D eigenvalue weighted by molar-refractivity contribution is 0.525. The number of fused-ring (bicyclic) bond motifs is 1. The Morgan fingerprint density at radius 3 is 2.53 bits per heavy atom. The molecular weight excluding hydrogens is 230 g/mol. The standard InChI is InChI=1S/C18H21N/c1-13-7-3-6-10-17(13)19-18-12-16-9-5-4-8-15(16)11-14(18)2/h3-6,8-14,18-19H,7H2,1-2H3. The predicted molar refractivity (Wildman–Crippen MR) is 81.7 cm³/mol. The molecule has 0 fully saturated rings. The van der Waals surface area contributed by atoms with Crippen LogP contribution in [0.15, 0.2) is 48.2 Å². The second-order valence-corrected chi connectivity index (χ2v) is 5.68. The molecule has 98 valence electrons. The molecule has 2 aliphatic carbocycles. The fourth-order valence-corrected chi connectivity index (χ4v) is 2.85. The lowest BCUT2D eigenvalue weighted by atomic mass is 9.91. The van der Waals surface area contributed by atoms with E-state index in [0.29, 0.717) is 17.9 Å². The van der Waals surface area contributed by atoms with Crippen molar-refractivity contribution in [2.45, 2.75) is 26.3 Å². The fraction of sp³-hybridized carbons (Fsp3) is 0.333. The van der Waals surface area contributed by atoms with Crippen LogP contribution in [0.5, 0.6) is 0 Å². The number of hydrogen-bond acceptors (Lipinski definition) is 1. The first-order valence-corrected chi connectivity index (χ1v) is 7.16. The number of rotatable bonds is 2. The van der Waals surface area contributed by atoms with Crippen molar-refractivity contribution < 1.29 is 0 Å². The normalized spacial score (nSPS) is 28.7. The Hall–Kier alpha value is -1.76. The van der Waals surface area contributed by atoms with Crippen LogP contribution in [0.2, 0.25) is 0 Å². The minimum atomic E-state index is 0.398. The van der Waals surface area contributed by atoms with Gasteiger partial charge in [0.2, 0.25) is 0 Å². The third-order valence-electron chi connectivity index (χ3n) is 4.13. The number of allylic oxidation sites excluding steroid dienone is 4. The molecule has 0 heterocycles. The first-order chi connectivity index (χ1) is 9.24. The van der Waals surface area contributed by atoms with Gasteiger partial charge in [0.25, 0.3) is 0 Å². The summed E-state index contributed by atoms with van der Waals surface area (Å²) < 4.78 is 0. The molecule has 1 aromatic rings. The van der Waals surface area contributed by atoms with Crippen LogP contribution in [0, 0.1) is 11.8 Å². The van der Waals surface area contributed by atoms with E-state index in [4.69, 9.17) is 0 Å². The maximum absolute atomic E-state index is 3.72. The Balaban J connectivity index is 1.89. The van der Waals surface area contributed by atoms with E-state index < -0.39 is 0 Å². The minimum Gasteiger partial charge on any atom is -0.381 e. The lowest BCUT2D eigenvalue weighted by Crippen LogP contribution is -2.42. The van der Waals surface area contributed by atoms with Gasteiger partial charge in [-0.2, -0.15) is 0 Å². The molecule has 0 saturated carbocycles. The van der Waals surface area contributed by atoms with E-state index in [2.05, 4.69) is 73.8 Å². The van der Waals surface area contributed by atoms with E-state index in [1.54, 1.807) is 0 Å². The molecule has 3 rings (SSSR count).